The monoisotopic (exact) mass is 444 g/mol. The minimum atomic E-state index is -4.62. The minimum Gasteiger partial charge on any atom is -0.504 e. The summed E-state index contributed by atoms with van der Waals surface area (Å²) in [4.78, 5) is 8.13. The first-order valence-electron chi connectivity index (χ1n) is 9.25. The molecule has 0 radical (unpaired) electrons. The number of hydrogen-bond donors (Lipinski definition) is 2. The van der Waals surface area contributed by atoms with Gasteiger partial charge >= 0.3 is 6.18 Å². The Morgan fingerprint density at radius 1 is 0.750 bits per heavy atom. The van der Waals surface area contributed by atoms with Crippen LogP contribution in [0.1, 0.15) is 16.7 Å². The van der Waals surface area contributed by atoms with Crippen molar-refractivity contribution >= 4 is 23.8 Å². The summed E-state index contributed by atoms with van der Waals surface area (Å²) in [5.41, 5.74) is -0.446. The lowest BCUT2D eigenvalue weighted by molar-refractivity contribution is -0.137. The van der Waals surface area contributed by atoms with Gasteiger partial charge < -0.3 is 19.7 Å². The standard InChI is InChI=1S/C23H19F3N2O4/c1-31-19-7-3-5-14(21(19)29)12-27-17-9-16(23(24,25)26)10-18(11-17)28-13-15-6-4-8-20(32-2)22(15)30/h3-13,29-30H,1-2H3. The van der Waals surface area contributed by atoms with Gasteiger partial charge in [0.15, 0.2) is 23.0 Å². The first kappa shape index (κ1) is 22.7. The van der Waals surface area contributed by atoms with Crippen LogP contribution in [0, 0.1) is 0 Å². The van der Waals surface area contributed by atoms with Crippen LogP contribution in [0.25, 0.3) is 0 Å². The Hall–Kier alpha value is -4.01. The average molecular weight is 444 g/mol. The molecule has 0 bridgehead atoms. The Morgan fingerprint density at radius 2 is 1.19 bits per heavy atom. The number of rotatable bonds is 6. The highest BCUT2D eigenvalue weighted by molar-refractivity contribution is 5.88. The lowest BCUT2D eigenvalue weighted by atomic mass is 10.1. The summed E-state index contributed by atoms with van der Waals surface area (Å²) in [5.74, 6) is 0.0534. The average Bonchev–Trinajstić information content (AvgIpc) is 2.77. The normalized spacial score (nSPS) is 11.9. The lowest BCUT2D eigenvalue weighted by Gasteiger charge is -2.09. The quantitative estimate of drug-likeness (QED) is 0.483. The second-order valence-electron chi connectivity index (χ2n) is 6.55. The van der Waals surface area contributed by atoms with Crippen LogP contribution in [0.15, 0.2) is 64.6 Å². The first-order chi connectivity index (χ1) is 15.2. The van der Waals surface area contributed by atoms with Gasteiger partial charge in [-0.15, -0.1) is 0 Å². The molecule has 166 valence electrons. The summed E-state index contributed by atoms with van der Waals surface area (Å²) in [7, 11) is 2.76. The maximum atomic E-state index is 13.4. The molecule has 9 heteroatoms. The van der Waals surface area contributed by atoms with E-state index in [-0.39, 0.29) is 45.5 Å². The third-order valence-electron chi connectivity index (χ3n) is 4.44. The number of benzene rings is 3. The van der Waals surface area contributed by atoms with E-state index in [0.29, 0.717) is 0 Å². The number of aliphatic imine (C=N–C) groups is 2. The molecule has 0 heterocycles. The number of halogens is 3. The molecule has 32 heavy (non-hydrogen) atoms. The Balaban J connectivity index is 1.99. The fraction of sp³-hybridized carbons (Fsp3) is 0.130. The molecule has 3 aromatic rings. The second-order valence-corrected chi connectivity index (χ2v) is 6.55. The highest BCUT2D eigenvalue weighted by Gasteiger charge is 2.31. The van der Waals surface area contributed by atoms with Crippen molar-refractivity contribution in [3.63, 3.8) is 0 Å². The molecule has 0 aliphatic rings. The molecular formula is C23H19F3N2O4. The number of phenols is 2. The number of aromatic hydroxyl groups is 2. The van der Waals surface area contributed by atoms with Crippen molar-refractivity contribution in [2.45, 2.75) is 6.18 Å². The van der Waals surface area contributed by atoms with Crippen LogP contribution in [-0.2, 0) is 6.18 Å². The Kier molecular flexibility index (Phi) is 6.67. The SMILES string of the molecule is COc1cccc(C=Nc2cc(N=Cc3cccc(OC)c3O)cc(C(F)(F)F)c2)c1O. The summed E-state index contributed by atoms with van der Waals surface area (Å²) in [6, 6.07) is 12.5. The molecule has 6 nitrogen and oxygen atoms in total. The zero-order chi connectivity index (χ0) is 23.3. The first-order valence-corrected chi connectivity index (χ1v) is 9.25. The number of methoxy groups -OCH3 is 2. The van der Waals surface area contributed by atoms with Crippen LogP contribution >= 0.6 is 0 Å². The van der Waals surface area contributed by atoms with Crippen molar-refractivity contribution in [2.24, 2.45) is 9.98 Å². The molecule has 0 unspecified atom stereocenters. The van der Waals surface area contributed by atoms with Crippen molar-refractivity contribution in [3.8, 4) is 23.0 Å². The van der Waals surface area contributed by atoms with Crippen molar-refractivity contribution in [3.05, 3.63) is 71.3 Å². The largest absolute Gasteiger partial charge is 0.504 e. The highest BCUT2D eigenvalue weighted by Crippen LogP contribution is 2.36. The molecule has 2 N–H and O–H groups in total. The molecule has 0 saturated heterocycles. The van der Waals surface area contributed by atoms with Gasteiger partial charge in [0.05, 0.1) is 31.2 Å². The number of alkyl halides is 3. The van der Waals surface area contributed by atoms with E-state index >= 15 is 0 Å². The molecule has 0 aromatic heterocycles. The van der Waals surface area contributed by atoms with Crippen LogP contribution in [0.4, 0.5) is 24.5 Å². The number of ether oxygens (including phenoxy) is 2. The van der Waals surface area contributed by atoms with Crippen LogP contribution in [-0.4, -0.2) is 36.9 Å². The van der Waals surface area contributed by atoms with Crippen molar-refractivity contribution < 1.29 is 32.9 Å². The van der Waals surface area contributed by atoms with E-state index in [0.717, 1.165) is 12.1 Å². The molecule has 0 atom stereocenters. The topological polar surface area (TPSA) is 83.6 Å². The van der Waals surface area contributed by atoms with Gasteiger partial charge in [0.1, 0.15) is 0 Å². The molecular weight excluding hydrogens is 425 g/mol. The highest BCUT2D eigenvalue weighted by atomic mass is 19.4. The summed E-state index contributed by atoms with van der Waals surface area (Å²) >= 11 is 0. The third-order valence-corrected chi connectivity index (χ3v) is 4.44. The van der Waals surface area contributed by atoms with Gasteiger partial charge in [-0.2, -0.15) is 13.2 Å². The van der Waals surface area contributed by atoms with Gasteiger partial charge in [0, 0.05) is 23.6 Å². The Labute approximate surface area is 181 Å². The number of hydrogen-bond acceptors (Lipinski definition) is 6. The van der Waals surface area contributed by atoms with Crippen molar-refractivity contribution in [2.75, 3.05) is 14.2 Å². The van der Waals surface area contributed by atoms with E-state index in [1.807, 2.05) is 0 Å². The molecule has 0 spiro atoms. The smallest absolute Gasteiger partial charge is 0.416 e. The zero-order valence-electron chi connectivity index (χ0n) is 17.1. The minimum absolute atomic E-state index is 0.0240. The summed E-state index contributed by atoms with van der Waals surface area (Å²) < 4.78 is 50.2. The van der Waals surface area contributed by atoms with E-state index in [9.17, 15) is 23.4 Å². The van der Waals surface area contributed by atoms with Gasteiger partial charge in [-0.25, -0.2) is 0 Å². The summed E-state index contributed by atoms with van der Waals surface area (Å²) in [6.45, 7) is 0. The van der Waals surface area contributed by atoms with Gasteiger partial charge in [-0.1, -0.05) is 12.1 Å². The Bertz CT molecular complexity index is 1090. The van der Waals surface area contributed by atoms with Crippen LogP contribution in [0.5, 0.6) is 23.0 Å². The van der Waals surface area contributed by atoms with Crippen LogP contribution in [0.2, 0.25) is 0 Å². The maximum Gasteiger partial charge on any atom is 0.416 e. The summed E-state index contributed by atoms with van der Waals surface area (Å²) in [6.07, 6.45) is -2.16. The predicted octanol–water partition coefficient (Wildman–Crippen LogP) is 5.64. The predicted molar refractivity (Wildman–Crippen MR) is 115 cm³/mol. The van der Waals surface area contributed by atoms with Crippen molar-refractivity contribution in [1.29, 1.82) is 0 Å². The molecule has 0 aliphatic carbocycles. The van der Waals surface area contributed by atoms with E-state index < -0.39 is 11.7 Å². The molecule has 3 rings (SSSR count). The fourth-order valence-electron chi connectivity index (χ4n) is 2.81. The molecule has 0 saturated carbocycles. The van der Waals surface area contributed by atoms with Crippen LogP contribution < -0.4 is 9.47 Å². The van der Waals surface area contributed by atoms with Gasteiger partial charge in [-0.3, -0.25) is 9.98 Å². The van der Waals surface area contributed by atoms with E-state index in [4.69, 9.17) is 9.47 Å². The third kappa shape index (κ3) is 5.18. The van der Waals surface area contributed by atoms with E-state index in [1.54, 1.807) is 24.3 Å². The fourth-order valence-corrected chi connectivity index (χ4v) is 2.81. The zero-order valence-corrected chi connectivity index (χ0v) is 17.1. The maximum absolute atomic E-state index is 13.4. The van der Waals surface area contributed by atoms with Crippen LogP contribution in [0.3, 0.4) is 0 Å². The number of para-hydroxylation sites is 2. The molecule has 0 aliphatic heterocycles. The van der Waals surface area contributed by atoms with Gasteiger partial charge in [-0.05, 0) is 42.5 Å². The van der Waals surface area contributed by atoms with Gasteiger partial charge in [0.25, 0.3) is 0 Å². The molecule has 3 aromatic carbocycles. The second kappa shape index (κ2) is 9.42. The summed E-state index contributed by atoms with van der Waals surface area (Å²) in [5, 5.41) is 20.3. The number of phenolic OH excluding ortho intramolecular Hbond substituents is 2. The van der Waals surface area contributed by atoms with Crippen molar-refractivity contribution in [1.82, 2.24) is 0 Å². The molecule has 0 fully saturated rings. The Morgan fingerprint density at radius 3 is 1.56 bits per heavy atom. The number of nitrogens with zero attached hydrogens (tertiary/aromatic N) is 2. The lowest BCUT2D eigenvalue weighted by Crippen LogP contribution is -2.04. The molecule has 0 amide bonds. The van der Waals surface area contributed by atoms with Gasteiger partial charge in [0.2, 0.25) is 0 Å². The van der Waals surface area contributed by atoms with E-state index in [2.05, 4.69) is 9.98 Å². The van der Waals surface area contributed by atoms with E-state index in [1.165, 1.54) is 44.8 Å².